The minimum atomic E-state index is -0.467. The maximum atomic E-state index is 11.7. The highest BCUT2D eigenvalue weighted by atomic mass is 16.6. The standard InChI is InChI=1S/C15H19NO4/c1-3-4-5-6-12(2)15(17)20-11-13-7-9-14(10-8-13)16(18)19/h7-10H,2-6,11H2,1H3. The van der Waals surface area contributed by atoms with Crippen LogP contribution in [-0.4, -0.2) is 10.9 Å². The Labute approximate surface area is 118 Å². The number of ether oxygens (including phenoxy) is 1. The highest BCUT2D eigenvalue weighted by Gasteiger charge is 2.09. The summed E-state index contributed by atoms with van der Waals surface area (Å²) in [4.78, 5) is 21.7. The van der Waals surface area contributed by atoms with Gasteiger partial charge in [0.15, 0.2) is 0 Å². The number of carbonyl (C=O) groups excluding carboxylic acids is 1. The summed E-state index contributed by atoms with van der Waals surface area (Å²) in [5.41, 5.74) is 1.20. The molecule has 0 aromatic heterocycles. The predicted octanol–water partition coefficient (Wildman–Crippen LogP) is 3.77. The van der Waals surface area contributed by atoms with Crippen molar-refractivity contribution in [1.82, 2.24) is 0 Å². The number of hydrogen-bond donors (Lipinski definition) is 0. The lowest BCUT2D eigenvalue weighted by Gasteiger charge is -2.07. The Balaban J connectivity index is 2.40. The lowest BCUT2D eigenvalue weighted by Crippen LogP contribution is -2.07. The van der Waals surface area contributed by atoms with E-state index in [1.807, 2.05) is 0 Å². The molecule has 0 aliphatic carbocycles. The molecule has 0 saturated heterocycles. The van der Waals surface area contributed by atoms with E-state index in [0.29, 0.717) is 17.6 Å². The van der Waals surface area contributed by atoms with Gasteiger partial charge in [0, 0.05) is 17.7 Å². The van der Waals surface area contributed by atoms with E-state index in [2.05, 4.69) is 13.5 Å². The Bertz CT molecular complexity index is 479. The first-order chi connectivity index (χ1) is 9.54. The summed E-state index contributed by atoms with van der Waals surface area (Å²) >= 11 is 0. The predicted molar refractivity (Wildman–Crippen MR) is 76.2 cm³/mol. The maximum absolute atomic E-state index is 11.7. The van der Waals surface area contributed by atoms with Gasteiger partial charge in [0.25, 0.3) is 5.69 Å². The minimum Gasteiger partial charge on any atom is -0.457 e. The second-order valence-electron chi connectivity index (χ2n) is 4.56. The Morgan fingerprint density at radius 1 is 1.30 bits per heavy atom. The van der Waals surface area contributed by atoms with Gasteiger partial charge in [-0.1, -0.05) is 26.3 Å². The Morgan fingerprint density at radius 3 is 2.50 bits per heavy atom. The van der Waals surface area contributed by atoms with Crippen molar-refractivity contribution >= 4 is 11.7 Å². The van der Waals surface area contributed by atoms with Crippen LogP contribution in [0.15, 0.2) is 36.4 Å². The second kappa shape index (κ2) is 8.09. The fourth-order valence-corrected chi connectivity index (χ4v) is 1.66. The summed E-state index contributed by atoms with van der Waals surface area (Å²) in [5.74, 6) is -0.403. The van der Waals surface area contributed by atoms with Crippen molar-refractivity contribution in [2.75, 3.05) is 0 Å². The van der Waals surface area contributed by atoms with Crippen LogP contribution >= 0.6 is 0 Å². The van der Waals surface area contributed by atoms with Crippen molar-refractivity contribution in [3.63, 3.8) is 0 Å². The molecule has 0 radical (unpaired) electrons. The van der Waals surface area contributed by atoms with Crippen molar-refractivity contribution < 1.29 is 14.5 Å². The zero-order valence-electron chi connectivity index (χ0n) is 11.6. The van der Waals surface area contributed by atoms with Crippen LogP contribution in [0, 0.1) is 10.1 Å². The van der Waals surface area contributed by atoms with Crippen molar-refractivity contribution in [3.8, 4) is 0 Å². The minimum absolute atomic E-state index is 0.0176. The van der Waals surface area contributed by atoms with Gasteiger partial charge in [-0.25, -0.2) is 4.79 Å². The number of carbonyl (C=O) groups is 1. The first-order valence-corrected chi connectivity index (χ1v) is 6.62. The van der Waals surface area contributed by atoms with Crippen LogP contribution in [0.2, 0.25) is 0 Å². The lowest BCUT2D eigenvalue weighted by molar-refractivity contribution is -0.384. The van der Waals surface area contributed by atoms with E-state index in [1.165, 1.54) is 12.1 Å². The molecule has 0 spiro atoms. The third kappa shape index (κ3) is 5.22. The third-order valence-corrected chi connectivity index (χ3v) is 2.89. The molecule has 0 aliphatic heterocycles. The van der Waals surface area contributed by atoms with Gasteiger partial charge in [0.2, 0.25) is 0 Å². The second-order valence-corrected chi connectivity index (χ2v) is 4.56. The zero-order chi connectivity index (χ0) is 15.0. The van der Waals surface area contributed by atoms with Gasteiger partial charge >= 0.3 is 5.97 Å². The molecule has 1 rings (SSSR count). The van der Waals surface area contributed by atoms with E-state index in [0.717, 1.165) is 19.3 Å². The van der Waals surface area contributed by atoms with Crippen LogP contribution in [0.5, 0.6) is 0 Å². The number of nitro benzene ring substituents is 1. The monoisotopic (exact) mass is 277 g/mol. The molecule has 5 nitrogen and oxygen atoms in total. The number of benzene rings is 1. The molecule has 5 heteroatoms. The summed E-state index contributed by atoms with van der Waals surface area (Å²) < 4.78 is 5.11. The van der Waals surface area contributed by atoms with Crippen LogP contribution in [0.3, 0.4) is 0 Å². The van der Waals surface area contributed by atoms with Gasteiger partial charge in [0.1, 0.15) is 6.61 Å². The molecule has 0 N–H and O–H groups in total. The summed E-state index contributed by atoms with van der Waals surface area (Å²) in [6, 6.07) is 5.93. The first-order valence-electron chi connectivity index (χ1n) is 6.62. The van der Waals surface area contributed by atoms with Crippen molar-refractivity contribution in [1.29, 1.82) is 0 Å². The number of rotatable bonds is 8. The van der Waals surface area contributed by atoms with Crippen LogP contribution in [-0.2, 0) is 16.1 Å². The van der Waals surface area contributed by atoms with Gasteiger partial charge in [0.05, 0.1) is 4.92 Å². The quantitative estimate of drug-likeness (QED) is 0.238. The Morgan fingerprint density at radius 2 is 1.95 bits per heavy atom. The molecule has 0 atom stereocenters. The Kier molecular flexibility index (Phi) is 6.43. The van der Waals surface area contributed by atoms with Crippen molar-refractivity contribution in [3.05, 3.63) is 52.1 Å². The molecule has 0 saturated carbocycles. The summed E-state index contributed by atoms with van der Waals surface area (Å²) in [6.45, 7) is 5.91. The third-order valence-electron chi connectivity index (χ3n) is 2.89. The molecule has 1 aromatic rings. The molecule has 108 valence electrons. The van der Waals surface area contributed by atoms with Gasteiger partial charge in [-0.3, -0.25) is 10.1 Å². The van der Waals surface area contributed by atoms with E-state index in [-0.39, 0.29) is 12.3 Å². The van der Waals surface area contributed by atoms with E-state index in [4.69, 9.17) is 4.74 Å². The molecule has 0 aliphatic rings. The van der Waals surface area contributed by atoms with E-state index >= 15 is 0 Å². The Hall–Kier alpha value is -2.17. The largest absolute Gasteiger partial charge is 0.457 e. The van der Waals surface area contributed by atoms with Gasteiger partial charge in [-0.2, -0.15) is 0 Å². The van der Waals surface area contributed by atoms with E-state index in [1.54, 1.807) is 12.1 Å². The topological polar surface area (TPSA) is 69.4 Å². The molecule has 0 amide bonds. The van der Waals surface area contributed by atoms with Gasteiger partial charge in [-0.05, 0) is 30.5 Å². The number of esters is 1. The summed E-state index contributed by atoms with van der Waals surface area (Å²) in [5, 5.41) is 10.5. The number of nitrogens with zero attached hydrogens (tertiary/aromatic N) is 1. The van der Waals surface area contributed by atoms with Crippen LogP contribution in [0.25, 0.3) is 0 Å². The molecular weight excluding hydrogens is 258 g/mol. The number of nitro groups is 1. The average molecular weight is 277 g/mol. The number of unbranched alkanes of at least 4 members (excludes halogenated alkanes) is 2. The van der Waals surface area contributed by atoms with Crippen LogP contribution in [0.1, 0.15) is 38.2 Å². The van der Waals surface area contributed by atoms with Crippen molar-refractivity contribution in [2.24, 2.45) is 0 Å². The fourth-order valence-electron chi connectivity index (χ4n) is 1.66. The molecule has 1 aromatic carbocycles. The molecule has 20 heavy (non-hydrogen) atoms. The van der Waals surface area contributed by atoms with E-state index < -0.39 is 10.9 Å². The maximum Gasteiger partial charge on any atom is 0.333 e. The molecule has 0 fully saturated rings. The first kappa shape index (κ1) is 15.9. The molecular formula is C15H19NO4. The van der Waals surface area contributed by atoms with Gasteiger partial charge < -0.3 is 4.74 Å². The SMILES string of the molecule is C=C(CCCCC)C(=O)OCc1ccc([N+](=O)[O-])cc1. The van der Waals surface area contributed by atoms with E-state index in [9.17, 15) is 14.9 Å². The summed E-state index contributed by atoms with van der Waals surface area (Å²) in [7, 11) is 0. The van der Waals surface area contributed by atoms with Crippen molar-refractivity contribution in [2.45, 2.75) is 39.2 Å². The highest BCUT2D eigenvalue weighted by Crippen LogP contribution is 2.14. The number of non-ortho nitro benzene ring substituents is 1. The van der Waals surface area contributed by atoms with Gasteiger partial charge in [-0.15, -0.1) is 0 Å². The number of hydrogen-bond acceptors (Lipinski definition) is 4. The smallest absolute Gasteiger partial charge is 0.333 e. The average Bonchev–Trinajstić information content (AvgIpc) is 2.45. The van der Waals surface area contributed by atoms with Crippen LogP contribution < -0.4 is 0 Å². The zero-order valence-corrected chi connectivity index (χ0v) is 11.6. The molecule has 0 unspecified atom stereocenters. The molecule has 0 heterocycles. The highest BCUT2D eigenvalue weighted by molar-refractivity contribution is 5.87. The molecule has 0 bridgehead atoms. The fraction of sp³-hybridized carbons (Fsp3) is 0.400. The lowest BCUT2D eigenvalue weighted by atomic mass is 10.1. The summed E-state index contributed by atoms with van der Waals surface area (Å²) in [6.07, 6.45) is 3.73. The normalized spacial score (nSPS) is 10.1. The van der Waals surface area contributed by atoms with Crippen LogP contribution in [0.4, 0.5) is 5.69 Å².